The molecular weight excluding hydrogens is 667 g/mol. The van der Waals surface area contributed by atoms with E-state index in [9.17, 15) is 45.6 Å². The molecule has 49 heavy (non-hydrogen) atoms. The summed E-state index contributed by atoms with van der Waals surface area (Å²) in [7, 11) is -4.63. The van der Waals surface area contributed by atoms with Gasteiger partial charge in [-0.05, 0) is 41.9 Å². The monoisotopic (exact) mass is 719 g/mol. The number of amides is 5. The maximum absolute atomic E-state index is 14.3. The summed E-state index contributed by atoms with van der Waals surface area (Å²) < 4.78 is 64.2. The molecule has 1 aliphatic heterocycles. The SMILES string of the molecule is C=CCNC(=O)C(=O)C(CCC)NC(=O)[C@@H]1[C@@H]2[C@H](CN1C(=O)[C@@H](NC(=O)NC1(CS(=O)(=O)CC(F)(F)F)CCCCC1)C(C)(C)C)C2(C)C. The van der Waals surface area contributed by atoms with Gasteiger partial charge in [0.25, 0.3) is 5.91 Å². The van der Waals surface area contributed by atoms with Crippen LogP contribution in [-0.2, 0) is 29.0 Å². The molecule has 16 heteroatoms. The van der Waals surface area contributed by atoms with Crippen molar-refractivity contribution >= 4 is 39.4 Å². The van der Waals surface area contributed by atoms with Gasteiger partial charge in [-0.25, -0.2) is 13.2 Å². The molecule has 278 valence electrons. The standard InChI is InChI=1S/C33H52F3N5O7S/c1-8-13-21(24(42)27(44)37-16-9-2)38-26(43)23-22-20(31(22,6)7)17-41(23)28(45)25(30(3,4)5)39-29(46)40-32(14-11-10-12-15-32)18-49(47,48)19-33(34,35)36/h9,20-23,25H,2,8,10-19H2,1,3-7H3,(H,37,44)(H,38,43)(H2,39,40,46)/t20-,21?,22-,23-,25+/m0/s1. The number of piperidine rings is 1. The van der Waals surface area contributed by atoms with Crippen LogP contribution in [0, 0.1) is 22.7 Å². The van der Waals surface area contributed by atoms with E-state index in [1.54, 1.807) is 27.7 Å². The Kier molecular flexibility index (Phi) is 12.3. The van der Waals surface area contributed by atoms with Crippen molar-refractivity contribution in [1.29, 1.82) is 0 Å². The molecule has 3 aliphatic rings. The molecule has 0 bridgehead atoms. The highest BCUT2D eigenvalue weighted by Gasteiger charge is 2.70. The van der Waals surface area contributed by atoms with Crippen LogP contribution in [-0.4, -0.2) is 97.3 Å². The first-order chi connectivity index (χ1) is 22.5. The molecule has 3 rings (SSSR count). The van der Waals surface area contributed by atoms with Gasteiger partial charge in [-0.3, -0.25) is 19.2 Å². The lowest BCUT2D eigenvalue weighted by molar-refractivity contribution is -0.145. The number of rotatable bonds is 14. The Labute approximate surface area is 287 Å². The van der Waals surface area contributed by atoms with Gasteiger partial charge in [0.2, 0.25) is 17.6 Å². The molecule has 5 amide bonds. The molecule has 12 nitrogen and oxygen atoms in total. The number of halogens is 3. The molecule has 2 saturated carbocycles. The lowest BCUT2D eigenvalue weighted by Crippen LogP contribution is -2.64. The van der Waals surface area contributed by atoms with E-state index in [0.29, 0.717) is 19.3 Å². The van der Waals surface area contributed by atoms with Crippen molar-refractivity contribution in [1.82, 2.24) is 26.2 Å². The Morgan fingerprint density at radius 3 is 2.16 bits per heavy atom. The number of ketones is 1. The van der Waals surface area contributed by atoms with E-state index in [1.165, 1.54) is 11.0 Å². The number of nitrogens with one attached hydrogen (secondary N) is 4. The minimum atomic E-state index is -4.93. The van der Waals surface area contributed by atoms with E-state index in [0.717, 1.165) is 6.42 Å². The van der Waals surface area contributed by atoms with Gasteiger partial charge in [-0.15, -0.1) is 6.58 Å². The fraction of sp³-hybridized carbons (Fsp3) is 0.788. The molecule has 0 spiro atoms. The third kappa shape index (κ3) is 9.97. The highest BCUT2D eigenvalue weighted by molar-refractivity contribution is 7.91. The topological polar surface area (TPSA) is 171 Å². The summed E-state index contributed by atoms with van der Waals surface area (Å²) in [6, 6.07) is -4.23. The van der Waals surface area contributed by atoms with Crippen LogP contribution in [0.4, 0.5) is 18.0 Å². The van der Waals surface area contributed by atoms with Crippen LogP contribution in [0.1, 0.15) is 86.5 Å². The molecule has 0 aromatic heterocycles. The molecule has 0 aromatic rings. The summed E-state index contributed by atoms with van der Waals surface area (Å²) >= 11 is 0. The molecule has 0 radical (unpaired) electrons. The fourth-order valence-corrected chi connectivity index (χ4v) is 9.32. The van der Waals surface area contributed by atoms with Crippen LogP contribution >= 0.6 is 0 Å². The predicted octanol–water partition coefficient (Wildman–Crippen LogP) is 3.02. The zero-order chi connectivity index (χ0) is 37.2. The second-order valence-electron chi connectivity index (χ2n) is 15.5. The molecule has 1 saturated heterocycles. The average Bonchev–Trinajstić information content (AvgIpc) is 3.27. The molecule has 2 aliphatic carbocycles. The van der Waals surface area contributed by atoms with Gasteiger partial charge in [0, 0.05) is 13.1 Å². The van der Waals surface area contributed by atoms with Gasteiger partial charge >= 0.3 is 12.2 Å². The number of likely N-dealkylation sites (tertiary alicyclic amines) is 1. The third-order valence-corrected chi connectivity index (χ3v) is 11.8. The number of alkyl halides is 3. The first-order valence-corrected chi connectivity index (χ1v) is 18.7. The second-order valence-corrected chi connectivity index (χ2v) is 17.6. The molecule has 1 unspecified atom stereocenters. The van der Waals surface area contributed by atoms with Crippen molar-refractivity contribution in [3.05, 3.63) is 12.7 Å². The molecule has 0 aromatic carbocycles. The average molecular weight is 720 g/mol. The molecular formula is C33H52F3N5O7S. The van der Waals surface area contributed by atoms with E-state index >= 15 is 0 Å². The van der Waals surface area contributed by atoms with Gasteiger partial charge in [-0.1, -0.05) is 73.3 Å². The number of urea groups is 1. The van der Waals surface area contributed by atoms with Crippen LogP contribution in [0.3, 0.4) is 0 Å². The summed E-state index contributed by atoms with van der Waals surface area (Å²) in [4.78, 5) is 68.5. The quantitative estimate of drug-likeness (QED) is 0.158. The third-order valence-electron chi connectivity index (χ3n) is 10.1. The smallest absolute Gasteiger partial charge is 0.346 e. The predicted molar refractivity (Wildman–Crippen MR) is 177 cm³/mol. The van der Waals surface area contributed by atoms with Crippen molar-refractivity contribution < 1.29 is 45.6 Å². The van der Waals surface area contributed by atoms with Crippen molar-refractivity contribution in [2.75, 3.05) is 24.6 Å². The van der Waals surface area contributed by atoms with E-state index < -0.39 is 86.1 Å². The first-order valence-electron chi connectivity index (χ1n) is 16.9. The number of carbonyl (C=O) groups is 5. The summed E-state index contributed by atoms with van der Waals surface area (Å²) in [6.07, 6.45) is -0.791. The second kappa shape index (κ2) is 15.0. The Balaban J connectivity index is 1.84. The van der Waals surface area contributed by atoms with Crippen molar-refractivity contribution in [2.24, 2.45) is 22.7 Å². The van der Waals surface area contributed by atoms with Crippen LogP contribution in [0.25, 0.3) is 0 Å². The number of nitrogens with zero attached hydrogens (tertiary/aromatic N) is 1. The van der Waals surface area contributed by atoms with Gasteiger partial charge in [-0.2, -0.15) is 13.2 Å². The van der Waals surface area contributed by atoms with Crippen molar-refractivity contribution in [3.63, 3.8) is 0 Å². The minimum absolute atomic E-state index is 0.0396. The maximum atomic E-state index is 14.3. The van der Waals surface area contributed by atoms with Crippen molar-refractivity contribution in [3.8, 4) is 0 Å². The Morgan fingerprint density at radius 2 is 1.63 bits per heavy atom. The Bertz CT molecular complexity index is 1400. The summed E-state index contributed by atoms with van der Waals surface area (Å²) in [5.41, 5.74) is -2.65. The zero-order valence-electron chi connectivity index (χ0n) is 29.3. The van der Waals surface area contributed by atoms with E-state index in [-0.39, 0.29) is 49.6 Å². The number of hydrogen-bond donors (Lipinski definition) is 4. The Morgan fingerprint density at radius 1 is 1.02 bits per heavy atom. The number of sulfone groups is 1. The number of carbonyl (C=O) groups excluding carboxylic acids is 5. The highest BCUT2D eigenvalue weighted by Crippen LogP contribution is 2.65. The zero-order valence-corrected chi connectivity index (χ0v) is 30.1. The van der Waals surface area contributed by atoms with E-state index in [2.05, 4.69) is 27.8 Å². The van der Waals surface area contributed by atoms with Gasteiger partial charge in [0.1, 0.15) is 17.8 Å². The fourth-order valence-electron chi connectivity index (χ4n) is 7.52. The maximum Gasteiger partial charge on any atom is 0.402 e. The first kappa shape index (κ1) is 40.3. The van der Waals surface area contributed by atoms with Crippen molar-refractivity contribution in [2.45, 2.75) is 116 Å². The van der Waals surface area contributed by atoms with E-state index in [1.807, 2.05) is 13.8 Å². The lowest BCUT2D eigenvalue weighted by Gasteiger charge is -2.40. The van der Waals surface area contributed by atoms with Crippen LogP contribution in [0.2, 0.25) is 0 Å². The van der Waals surface area contributed by atoms with Crippen LogP contribution in [0.15, 0.2) is 12.7 Å². The molecule has 5 atom stereocenters. The largest absolute Gasteiger partial charge is 0.402 e. The minimum Gasteiger partial charge on any atom is -0.346 e. The number of Topliss-reactive ketones (excluding diaryl/α,β-unsaturated/α-hetero) is 1. The van der Waals surface area contributed by atoms with Gasteiger partial charge in [0.15, 0.2) is 9.84 Å². The number of fused-ring (bicyclic) bond motifs is 1. The van der Waals surface area contributed by atoms with Crippen LogP contribution < -0.4 is 21.3 Å². The summed E-state index contributed by atoms with van der Waals surface area (Å²) in [5, 5.41) is 10.4. The highest BCUT2D eigenvalue weighted by atomic mass is 32.2. The van der Waals surface area contributed by atoms with Gasteiger partial charge in [0.05, 0.1) is 17.3 Å². The molecule has 3 fully saturated rings. The number of hydrogen-bond acceptors (Lipinski definition) is 7. The lowest BCUT2D eigenvalue weighted by atomic mass is 9.83. The van der Waals surface area contributed by atoms with Gasteiger partial charge < -0.3 is 26.2 Å². The summed E-state index contributed by atoms with van der Waals surface area (Å²) in [6.45, 7) is 14.6. The van der Waals surface area contributed by atoms with E-state index in [4.69, 9.17) is 0 Å². The normalized spacial score (nSPS) is 24.1. The molecule has 1 heterocycles. The molecule has 4 N–H and O–H groups in total. The Hall–Kier alpha value is -3.17. The van der Waals surface area contributed by atoms with Crippen LogP contribution in [0.5, 0.6) is 0 Å². The summed E-state index contributed by atoms with van der Waals surface area (Å²) in [5.74, 6) is -6.04.